The average molecular weight is 740 g/mol. The van der Waals surface area contributed by atoms with E-state index in [2.05, 4.69) is 121 Å². The van der Waals surface area contributed by atoms with E-state index in [9.17, 15) is 39.6 Å². The number of carbonyl (C=O) groups is 4. The maximum Gasteiger partial charge on any atom is 3.00 e. The van der Waals surface area contributed by atoms with Gasteiger partial charge in [-0.1, -0.05) is 85.6 Å². The maximum atomic E-state index is 10.5. The predicted molar refractivity (Wildman–Crippen MR) is 183 cm³/mol. The van der Waals surface area contributed by atoms with Crippen molar-refractivity contribution in [1.82, 2.24) is 9.80 Å². The van der Waals surface area contributed by atoms with Crippen LogP contribution in [0.15, 0.2) is 121 Å². The number of nitrogens with zero attached hydrogens (tertiary/aromatic N) is 2. The van der Waals surface area contributed by atoms with Gasteiger partial charge in [0.05, 0.1) is 23.9 Å². The first-order valence-corrected chi connectivity index (χ1v) is 17.8. The molecule has 0 aliphatic heterocycles. The van der Waals surface area contributed by atoms with Crippen LogP contribution in [0.2, 0.25) is 0 Å². The number of rotatable bonds is 19. The number of carboxylic acid groups (broad SMARTS) is 4. The van der Waals surface area contributed by atoms with E-state index in [1.54, 1.807) is 0 Å². The van der Waals surface area contributed by atoms with Crippen LogP contribution in [0.1, 0.15) is 25.7 Å². The van der Waals surface area contributed by atoms with Crippen LogP contribution >= 0.6 is 7.26 Å². The third-order valence-electron chi connectivity index (χ3n) is 7.68. The van der Waals surface area contributed by atoms with Crippen molar-refractivity contribution >= 4 is 52.4 Å². The van der Waals surface area contributed by atoms with E-state index in [1.807, 2.05) is 0 Å². The molecule has 1 radical (unpaired) electrons. The van der Waals surface area contributed by atoms with Gasteiger partial charge in [0.2, 0.25) is 0 Å². The summed E-state index contributed by atoms with van der Waals surface area (Å²) in [6, 6.07) is 43.8. The Morgan fingerprint density at radius 3 is 0.820 bits per heavy atom. The molecule has 0 heterocycles. The number of benzene rings is 4. The first-order valence-electron chi connectivity index (χ1n) is 16.0. The molecule has 0 amide bonds. The fourth-order valence-electron chi connectivity index (χ4n) is 5.68. The van der Waals surface area contributed by atoms with Gasteiger partial charge in [0.15, 0.2) is 0 Å². The Bertz CT molecular complexity index is 1360. The number of carboxylic acids is 4. The van der Waals surface area contributed by atoms with Crippen LogP contribution in [0.3, 0.4) is 0 Å². The minimum Gasteiger partial charge on any atom is -0.549 e. The number of hydrogen-bond donors (Lipinski definition) is 0. The summed E-state index contributed by atoms with van der Waals surface area (Å²) in [6.07, 6.45) is 2.34. The quantitative estimate of drug-likeness (QED) is 0.0625. The summed E-state index contributed by atoms with van der Waals surface area (Å²) in [7, 11) is -1.91. The van der Waals surface area contributed by atoms with E-state index >= 15 is 0 Å². The molecule has 0 aliphatic carbocycles. The first kappa shape index (κ1) is 41.8. The standard InChI is InChI=1S/C24H20P.C14H24N2O8.Fe/c1-5-13-21(14-6-1)25(22-15-7-2-8-16-22,23-17-9-3-10-18-23)24-19-11-4-12-20-24;17-11(18)7-15(8-12(19)20)5-3-1-2-4-6-16(9-13(21)22)10-14(23)24;/h1-20H;1-10H2,(H,17,18)(H,19,20)(H,21,22)(H,23,24);/q+1;;+3/p-4. The Hall–Kier alpha value is -4.37. The van der Waals surface area contributed by atoms with Crippen LogP contribution in [-0.2, 0) is 36.2 Å². The van der Waals surface area contributed by atoms with Crippen molar-refractivity contribution in [3.63, 3.8) is 0 Å². The molecule has 50 heavy (non-hydrogen) atoms. The Labute approximate surface area is 304 Å². The Morgan fingerprint density at radius 1 is 0.400 bits per heavy atom. The average Bonchev–Trinajstić information content (AvgIpc) is 3.08. The molecule has 0 aromatic heterocycles. The van der Waals surface area contributed by atoms with Crippen LogP contribution in [0.4, 0.5) is 0 Å². The van der Waals surface area contributed by atoms with Gasteiger partial charge < -0.3 is 39.6 Å². The van der Waals surface area contributed by atoms with E-state index in [4.69, 9.17) is 0 Å². The van der Waals surface area contributed by atoms with E-state index in [0.29, 0.717) is 25.7 Å². The van der Waals surface area contributed by atoms with Crippen molar-refractivity contribution in [2.45, 2.75) is 25.7 Å². The van der Waals surface area contributed by atoms with Gasteiger partial charge in [-0.15, -0.1) is 0 Å². The molecule has 0 saturated carbocycles. The molecule has 4 rings (SSSR count). The fraction of sp³-hybridized carbons (Fsp3) is 0.263. The van der Waals surface area contributed by atoms with Gasteiger partial charge in [-0.25, -0.2) is 0 Å². The number of hydrogen-bond acceptors (Lipinski definition) is 10. The normalized spacial score (nSPS) is 10.8. The van der Waals surface area contributed by atoms with Gasteiger partial charge in [-0.3, -0.25) is 9.80 Å². The Balaban J connectivity index is 0.000000341. The van der Waals surface area contributed by atoms with Crippen molar-refractivity contribution in [3.05, 3.63) is 121 Å². The van der Waals surface area contributed by atoms with Gasteiger partial charge >= 0.3 is 17.1 Å². The van der Waals surface area contributed by atoms with Crippen LogP contribution < -0.4 is 41.6 Å². The van der Waals surface area contributed by atoms with Crippen molar-refractivity contribution in [3.8, 4) is 0 Å². The van der Waals surface area contributed by atoms with Crippen LogP contribution in [-0.4, -0.2) is 72.9 Å². The summed E-state index contributed by atoms with van der Waals surface area (Å²) in [4.78, 5) is 44.4. The summed E-state index contributed by atoms with van der Waals surface area (Å²) in [5.74, 6) is -5.51. The minimum absolute atomic E-state index is 0. The van der Waals surface area contributed by atoms with Crippen LogP contribution in [0.25, 0.3) is 0 Å². The maximum absolute atomic E-state index is 10.5. The van der Waals surface area contributed by atoms with E-state index < -0.39 is 57.3 Å². The van der Waals surface area contributed by atoms with Gasteiger partial charge in [-0.05, 0) is 74.5 Å². The van der Waals surface area contributed by atoms with Gasteiger partial charge in [0.25, 0.3) is 0 Å². The third kappa shape index (κ3) is 13.5. The number of aliphatic carboxylic acids is 4. The second kappa shape index (κ2) is 22.4. The molecular formula is C38H40FeN2O8P. The Kier molecular flexibility index (Phi) is 18.7. The number of carbonyl (C=O) groups excluding carboxylic acids is 4. The van der Waals surface area contributed by atoms with Crippen molar-refractivity contribution in [2.24, 2.45) is 0 Å². The van der Waals surface area contributed by atoms with E-state index in [0.717, 1.165) is 0 Å². The predicted octanol–water partition coefficient (Wildman–Crippen LogP) is -1.55. The largest absolute Gasteiger partial charge is 3.00 e. The molecule has 10 nitrogen and oxygen atoms in total. The number of unbranched alkanes of at least 4 members (excludes halogenated alkanes) is 3. The van der Waals surface area contributed by atoms with Gasteiger partial charge in [0.1, 0.15) is 28.5 Å². The zero-order valence-corrected chi connectivity index (χ0v) is 29.6. The molecule has 0 saturated heterocycles. The van der Waals surface area contributed by atoms with Gasteiger partial charge in [-0.2, -0.15) is 0 Å². The summed E-state index contributed by atoms with van der Waals surface area (Å²) in [6.45, 7) is -1.52. The molecule has 4 aromatic rings. The first-order chi connectivity index (χ1) is 23.6. The Morgan fingerprint density at radius 2 is 0.620 bits per heavy atom. The summed E-state index contributed by atoms with van der Waals surface area (Å²) >= 11 is 0. The second-order valence-electron chi connectivity index (χ2n) is 11.3. The topological polar surface area (TPSA) is 167 Å². The summed E-state index contributed by atoms with van der Waals surface area (Å²) in [5, 5.41) is 47.5. The molecule has 0 atom stereocenters. The molecular weight excluding hydrogens is 699 g/mol. The monoisotopic (exact) mass is 739 g/mol. The van der Waals surface area contributed by atoms with Crippen molar-refractivity contribution in [2.75, 3.05) is 39.3 Å². The molecule has 0 unspecified atom stereocenters. The fourth-order valence-corrected chi connectivity index (χ4v) is 9.95. The second-order valence-corrected chi connectivity index (χ2v) is 14.7. The molecule has 263 valence electrons. The molecule has 12 heteroatoms. The zero-order chi connectivity index (χ0) is 35.5. The van der Waals surface area contributed by atoms with Gasteiger partial charge in [0, 0.05) is 26.2 Å². The minimum atomic E-state index is -1.91. The molecule has 4 aromatic carbocycles. The zero-order valence-electron chi connectivity index (χ0n) is 27.6. The van der Waals surface area contributed by atoms with Crippen LogP contribution in [0.5, 0.6) is 0 Å². The summed E-state index contributed by atoms with van der Waals surface area (Å²) < 4.78 is 0. The smallest absolute Gasteiger partial charge is 0.549 e. The van der Waals surface area contributed by atoms with E-state index in [1.165, 1.54) is 31.0 Å². The molecule has 0 spiro atoms. The molecule has 0 bridgehead atoms. The van der Waals surface area contributed by atoms with Crippen molar-refractivity contribution in [1.29, 1.82) is 0 Å². The molecule has 0 N–H and O–H groups in total. The molecule has 0 fully saturated rings. The summed E-state index contributed by atoms with van der Waals surface area (Å²) in [5.41, 5.74) is 0. The molecule has 0 aliphatic rings. The SMILES string of the molecule is O=C([O-])CN(CCCCCCN(CC(=O)[O-])CC(=O)[O-])CC(=O)[O-].[Fe+3].c1ccc([P+](c2ccccc2)(c2ccccc2)c2ccccc2)cc1. The van der Waals surface area contributed by atoms with Crippen molar-refractivity contribution < 1.29 is 56.7 Å². The van der Waals surface area contributed by atoms with E-state index in [-0.39, 0.29) is 30.2 Å². The van der Waals surface area contributed by atoms with Crippen LogP contribution in [0, 0.1) is 0 Å². The third-order valence-corrected chi connectivity index (χ3v) is 12.0.